The van der Waals surface area contributed by atoms with E-state index in [-0.39, 0.29) is 16.8 Å². The van der Waals surface area contributed by atoms with Crippen LogP contribution < -0.4 is 10.3 Å². The van der Waals surface area contributed by atoms with Crippen molar-refractivity contribution in [2.24, 2.45) is 7.05 Å². The summed E-state index contributed by atoms with van der Waals surface area (Å²) in [6, 6.07) is 5.02. The van der Waals surface area contributed by atoms with E-state index in [1.54, 1.807) is 17.8 Å². The van der Waals surface area contributed by atoms with Crippen molar-refractivity contribution >= 4 is 27.0 Å². The molecule has 0 fully saturated rings. The molecule has 0 spiro atoms. The fraction of sp³-hybridized carbons (Fsp3) is 0.143. The Labute approximate surface area is 136 Å². The zero-order valence-corrected chi connectivity index (χ0v) is 13.2. The predicted molar refractivity (Wildman–Crippen MR) is 80.7 cm³/mol. The molecule has 0 aliphatic carbocycles. The number of ether oxygens (including phenoxy) is 1. The number of nitrogens with zero attached hydrogens (tertiary/aromatic N) is 3. The maximum Gasteiger partial charge on any atom is 0.573 e. The van der Waals surface area contributed by atoms with Gasteiger partial charge in [-0.05, 0) is 40.2 Å². The maximum atomic E-state index is 12.5. The summed E-state index contributed by atoms with van der Waals surface area (Å²) < 4.78 is 43.9. The molecule has 0 saturated carbocycles. The summed E-state index contributed by atoms with van der Waals surface area (Å²) in [7, 11) is 1.76. The second kappa shape index (κ2) is 5.41. The molecule has 0 atom stereocenters. The minimum Gasteiger partial charge on any atom is -0.406 e. The van der Waals surface area contributed by atoms with Gasteiger partial charge in [-0.1, -0.05) is 0 Å². The van der Waals surface area contributed by atoms with Gasteiger partial charge in [-0.25, -0.2) is 4.98 Å². The SMILES string of the molecule is Cn1cnc2c(=O)n(-c3ccc(OC(F)(F)F)cc3)cc(Br)c21. The number of benzene rings is 1. The Kier molecular flexibility index (Phi) is 3.67. The van der Waals surface area contributed by atoms with Gasteiger partial charge in [-0.3, -0.25) is 9.36 Å². The monoisotopic (exact) mass is 387 g/mol. The zero-order chi connectivity index (χ0) is 16.8. The fourth-order valence-electron chi connectivity index (χ4n) is 2.22. The van der Waals surface area contributed by atoms with Gasteiger partial charge < -0.3 is 9.30 Å². The van der Waals surface area contributed by atoms with Crippen LogP contribution in [0.4, 0.5) is 13.2 Å². The van der Waals surface area contributed by atoms with E-state index < -0.39 is 6.36 Å². The van der Waals surface area contributed by atoms with Gasteiger partial charge in [0.1, 0.15) is 5.75 Å². The highest BCUT2D eigenvalue weighted by Gasteiger charge is 2.31. The van der Waals surface area contributed by atoms with Crippen molar-refractivity contribution in [1.29, 1.82) is 0 Å². The second-order valence-corrected chi connectivity index (χ2v) is 5.60. The number of imidazole rings is 1. The Balaban J connectivity index is 2.07. The normalized spacial score (nSPS) is 11.9. The minimum absolute atomic E-state index is 0.262. The molecule has 0 amide bonds. The van der Waals surface area contributed by atoms with E-state index in [2.05, 4.69) is 25.7 Å². The van der Waals surface area contributed by atoms with Gasteiger partial charge in [0.15, 0.2) is 5.52 Å². The van der Waals surface area contributed by atoms with Crippen molar-refractivity contribution in [3.8, 4) is 11.4 Å². The number of rotatable bonds is 2. The molecule has 0 aliphatic heterocycles. The van der Waals surface area contributed by atoms with E-state index >= 15 is 0 Å². The first kappa shape index (κ1) is 15.6. The van der Waals surface area contributed by atoms with E-state index in [4.69, 9.17) is 0 Å². The molecule has 23 heavy (non-hydrogen) atoms. The number of aromatic nitrogens is 3. The number of aryl methyl sites for hydroxylation is 1. The molecule has 0 bridgehead atoms. The number of pyridine rings is 1. The summed E-state index contributed by atoms with van der Waals surface area (Å²) in [5.74, 6) is -0.354. The molecule has 0 saturated heterocycles. The summed E-state index contributed by atoms with van der Waals surface area (Å²) in [5, 5.41) is 0. The average Bonchev–Trinajstić information content (AvgIpc) is 2.85. The highest BCUT2D eigenvalue weighted by Crippen LogP contribution is 2.25. The first-order chi connectivity index (χ1) is 10.8. The molecule has 3 rings (SSSR count). The highest BCUT2D eigenvalue weighted by atomic mass is 79.9. The molecule has 0 unspecified atom stereocenters. The van der Waals surface area contributed by atoms with Crippen molar-refractivity contribution in [3.63, 3.8) is 0 Å². The number of halogens is 4. The first-order valence-corrected chi connectivity index (χ1v) is 7.14. The van der Waals surface area contributed by atoms with Gasteiger partial charge in [-0.15, -0.1) is 13.2 Å². The number of fused-ring (bicyclic) bond motifs is 1. The van der Waals surface area contributed by atoms with Gasteiger partial charge in [0.2, 0.25) is 0 Å². The predicted octanol–water partition coefficient (Wildman–Crippen LogP) is 3.39. The van der Waals surface area contributed by atoms with Crippen molar-refractivity contribution in [1.82, 2.24) is 14.1 Å². The summed E-state index contributed by atoms with van der Waals surface area (Å²) in [4.78, 5) is 16.5. The van der Waals surface area contributed by atoms with Crippen molar-refractivity contribution in [2.45, 2.75) is 6.36 Å². The summed E-state index contributed by atoms with van der Waals surface area (Å²) in [6.07, 6.45) is -1.69. The molecule has 9 heteroatoms. The van der Waals surface area contributed by atoms with Crippen LogP contribution in [0.2, 0.25) is 0 Å². The average molecular weight is 388 g/mol. The molecular formula is C14H9BrF3N3O2. The largest absolute Gasteiger partial charge is 0.573 e. The van der Waals surface area contributed by atoms with Gasteiger partial charge >= 0.3 is 6.36 Å². The van der Waals surface area contributed by atoms with E-state index in [0.717, 1.165) is 12.1 Å². The number of hydrogen-bond donors (Lipinski definition) is 0. The quantitative estimate of drug-likeness (QED) is 0.677. The minimum atomic E-state index is -4.76. The Morgan fingerprint density at radius 3 is 2.48 bits per heavy atom. The van der Waals surface area contributed by atoms with E-state index in [9.17, 15) is 18.0 Å². The second-order valence-electron chi connectivity index (χ2n) is 4.75. The van der Waals surface area contributed by atoms with Gasteiger partial charge in [0.05, 0.1) is 16.3 Å². The third-order valence-corrected chi connectivity index (χ3v) is 3.76. The van der Waals surface area contributed by atoms with E-state index in [0.29, 0.717) is 15.7 Å². The van der Waals surface area contributed by atoms with Crippen LogP contribution in [0.3, 0.4) is 0 Å². The molecule has 2 aromatic heterocycles. The third-order valence-electron chi connectivity index (χ3n) is 3.18. The van der Waals surface area contributed by atoms with Crippen molar-refractivity contribution < 1.29 is 17.9 Å². The van der Waals surface area contributed by atoms with E-state index in [1.165, 1.54) is 23.0 Å². The third kappa shape index (κ3) is 2.96. The lowest BCUT2D eigenvalue weighted by molar-refractivity contribution is -0.274. The summed E-state index contributed by atoms with van der Waals surface area (Å²) in [6.45, 7) is 0. The standard InChI is InChI=1S/C14H9BrF3N3O2/c1-20-7-19-11-12(20)10(15)6-21(13(11)22)8-2-4-9(5-3-8)23-14(16,17)18/h2-7H,1H3. The Bertz CT molecular complexity index is 929. The molecule has 120 valence electrons. The lowest BCUT2D eigenvalue weighted by atomic mass is 10.3. The number of hydrogen-bond acceptors (Lipinski definition) is 3. The van der Waals surface area contributed by atoms with Crippen LogP contribution in [0.15, 0.2) is 46.1 Å². The van der Waals surface area contributed by atoms with Crippen LogP contribution in [0.25, 0.3) is 16.7 Å². The fourth-order valence-corrected chi connectivity index (χ4v) is 2.89. The van der Waals surface area contributed by atoms with Gasteiger partial charge in [0.25, 0.3) is 5.56 Å². The first-order valence-electron chi connectivity index (χ1n) is 6.34. The van der Waals surface area contributed by atoms with Crippen LogP contribution in [0, 0.1) is 0 Å². The van der Waals surface area contributed by atoms with Crippen molar-refractivity contribution in [3.05, 3.63) is 51.6 Å². The number of alkyl halides is 3. The Morgan fingerprint density at radius 2 is 1.87 bits per heavy atom. The Morgan fingerprint density at radius 1 is 1.22 bits per heavy atom. The molecule has 0 aliphatic rings. The van der Waals surface area contributed by atoms with E-state index in [1.807, 2.05) is 0 Å². The van der Waals surface area contributed by atoms with Crippen LogP contribution in [0.1, 0.15) is 0 Å². The van der Waals surface area contributed by atoms with Crippen LogP contribution in [-0.4, -0.2) is 20.5 Å². The smallest absolute Gasteiger partial charge is 0.406 e. The topological polar surface area (TPSA) is 49.0 Å². The molecule has 0 radical (unpaired) electrons. The molecule has 0 N–H and O–H groups in total. The van der Waals surface area contributed by atoms with Crippen LogP contribution in [-0.2, 0) is 7.05 Å². The molecular weight excluding hydrogens is 379 g/mol. The summed E-state index contributed by atoms with van der Waals surface area (Å²) >= 11 is 3.37. The summed E-state index contributed by atoms with van der Waals surface area (Å²) in [5.41, 5.74) is 0.937. The van der Waals surface area contributed by atoms with Crippen LogP contribution >= 0.6 is 15.9 Å². The molecule has 1 aromatic carbocycles. The van der Waals surface area contributed by atoms with Crippen LogP contribution in [0.5, 0.6) is 5.75 Å². The lowest BCUT2D eigenvalue weighted by Crippen LogP contribution is -2.19. The van der Waals surface area contributed by atoms with Gasteiger partial charge in [-0.2, -0.15) is 0 Å². The molecule has 2 heterocycles. The maximum absolute atomic E-state index is 12.5. The Hall–Kier alpha value is -2.29. The van der Waals surface area contributed by atoms with Gasteiger partial charge in [0, 0.05) is 18.9 Å². The molecule has 5 nitrogen and oxygen atoms in total. The van der Waals surface area contributed by atoms with Crippen molar-refractivity contribution in [2.75, 3.05) is 0 Å². The lowest BCUT2D eigenvalue weighted by Gasteiger charge is -2.11. The molecule has 3 aromatic rings. The zero-order valence-electron chi connectivity index (χ0n) is 11.6. The highest BCUT2D eigenvalue weighted by molar-refractivity contribution is 9.10.